The monoisotopic (exact) mass is 617 g/mol. The topological polar surface area (TPSA) is 16.4 Å². The van der Waals surface area contributed by atoms with Crippen molar-refractivity contribution in [1.29, 1.82) is 0 Å². The minimum atomic E-state index is -0.239. The van der Waals surface area contributed by atoms with Gasteiger partial charge in [0.1, 0.15) is 11.2 Å². The van der Waals surface area contributed by atoms with E-state index in [2.05, 4.69) is 172 Å². The maximum absolute atomic E-state index is 6.75. The molecule has 2 aliphatic rings. The molecule has 0 radical (unpaired) electrons. The van der Waals surface area contributed by atoms with Crippen molar-refractivity contribution < 1.29 is 4.42 Å². The number of nitrogens with zero attached hydrogens (tertiary/aromatic N) is 1. The largest absolute Gasteiger partial charge is 0.455 e. The summed E-state index contributed by atoms with van der Waals surface area (Å²) in [6.07, 6.45) is 0. The van der Waals surface area contributed by atoms with E-state index >= 15 is 0 Å². The van der Waals surface area contributed by atoms with Crippen molar-refractivity contribution in [2.75, 3.05) is 4.90 Å². The first-order chi connectivity index (χ1) is 23.3. The van der Waals surface area contributed by atoms with Gasteiger partial charge in [-0.15, -0.1) is 0 Å². The summed E-state index contributed by atoms with van der Waals surface area (Å²) >= 11 is 0. The summed E-state index contributed by atoms with van der Waals surface area (Å²) in [6, 6.07) is 51.1. The van der Waals surface area contributed by atoms with Gasteiger partial charge in [-0.05, 0) is 92.2 Å². The second kappa shape index (κ2) is 9.49. The van der Waals surface area contributed by atoms with Crippen LogP contribution in [0.2, 0.25) is 0 Å². The fourth-order valence-electron chi connectivity index (χ4n) is 8.96. The zero-order valence-electron chi connectivity index (χ0n) is 27.6. The molecule has 8 aromatic rings. The number of para-hydroxylation sites is 2. The zero-order chi connectivity index (χ0) is 32.4. The van der Waals surface area contributed by atoms with Crippen LogP contribution in [0.25, 0.3) is 55.0 Å². The highest BCUT2D eigenvalue weighted by Gasteiger charge is 2.41. The molecule has 0 amide bonds. The minimum Gasteiger partial charge on any atom is -0.455 e. The molecular formula is C46H35NO. The SMILES string of the molecule is CC1(C)c2ccccc2-c2ccc(N(c3ccccc3)c3ccc4c(c3)C(C)(C)c3c-4c4oc5ccccc5c4c4ccccc34)cc21. The fourth-order valence-corrected chi connectivity index (χ4v) is 8.96. The van der Waals surface area contributed by atoms with Crippen molar-refractivity contribution >= 4 is 49.8 Å². The van der Waals surface area contributed by atoms with Gasteiger partial charge in [0, 0.05) is 44.2 Å². The summed E-state index contributed by atoms with van der Waals surface area (Å²) in [5.74, 6) is 0. The Kier molecular flexibility index (Phi) is 5.44. The van der Waals surface area contributed by atoms with E-state index in [0.29, 0.717) is 0 Å². The van der Waals surface area contributed by atoms with E-state index in [9.17, 15) is 0 Å². The second-order valence-electron chi connectivity index (χ2n) is 14.5. The first-order valence-electron chi connectivity index (χ1n) is 16.9. The van der Waals surface area contributed by atoms with Crippen LogP contribution < -0.4 is 4.90 Å². The molecule has 2 heteroatoms. The van der Waals surface area contributed by atoms with Crippen molar-refractivity contribution in [3.63, 3.8) is 0 Å². The molecule has 0 fully saturated rings. The van der Waals surface area contributed by atoms with Crippen LogP contribution in [-0.2, 0) is 10.8 Å². The quantitative estimate of drug-likeness (QED) is 0.196. The predicted octanol–water partition coefficient (Wildman–Crippen LogP) is 12.8. The molecule has 0 spiro atoms. The van der Waals surface area contributed by atoms with Crippen LogP contribution in [0.3, 0.4) is 0 Å². The highest BCUT2D eigenvalue weighted by atomic mass is 16.3. The van der Waals surface area contributed by atoms with E-state index in [4.69, 9.17) is 4.42 Å². The van der Waals surface area contributed by atoms with Gasteiger partial charge in [-0.2, -0.15) is 0 Å². The van der Waals surface area contributed by atoms with E-state index in [-0.39, 0.29) is 10.8 Å². The van der Waals surface area contributed by atoms with Crippen LogP contribution in [0.1, 0.15) is 49.9 Å². The lowest BCUT2D eigenvalue weighted by molar-refractivity contribution is 0.657. The van der Waals surface area contributed by atoms with Gasteiger partial charge in [0.05, 0.1) is 0 Å². The molecule has 0 bridgehead atoms. The maximum Gasteiger partial charge on any atom is 0.144 e. The van der Waals surface area contributed by atoms with Gasteiger partial charge in [0.15, 0.2) is 0 Å². The van der Waals surface area contributed by atoms with Gasteiger partial charge in [-0.3, -0.25) is 0 Å². The van der Waals surface area contributed by atoms with E-state index in [0.717, 1.165) is 22.5 Å². The molecule has 2 aliphatic carbocycles. The lowest BCUT2D eigenvalue weighted by atomic mass is 9.79. The molecule has 1 heterocycles. The van der Waals surface area contributed by atoms with Crippen LogP contribution >= 0.6 is 0 Å². The Bertz CT molecular complexity index is 2620. The number of anilines is 3. The van der Waals surface area contributed by atoms with E-state index in [1.165, 1.54) is 71.7 Å². The molecule has 0 saturated carbocycles. The second-order valence-corrected chi connectivity index (χ2v) is 14.5. The normalized spacial score (nSPS) is 15.0. The smallest absolute Gasteiger partial charge is 0.144 e. The molecule has 0 aliphatic heterocycles. The van der Waals surface area contributed by atoms with E-state index in [1.807, 2.05) is 0 Å². The number of hydrogen-bond acceptors (Lipinski definition) is 2. The molecule has 0 N–H and O–H groups in total. The molecule has 0 unspecified atom stereocenters. The summed E-state index contributed by atoms with van der Waals surface area (Å²) < 4.78 is 6.75. The molecule has 10 rings (SSSR count). The molecule has 0 saturated heterocycles. The Morgan fingerprint density at radius 1 is 0.458 bits per heavy atom. The van der Waals surface area contributed by atoms with E-state index in [1.54, 1.807) is 0 Å². The summed E-state index contributed by atoms with van der Waals surface area (Å²) in [4.78, 5) is 2.42. The molecule has 2 nitrogen and oxygen atoms in total. The Labute approximate surface area is 280 Å². The van der Waals surface area contributed by atoms with Crippen molar-refractivity contribution in [2.45, 2.75) is 38.5 Å². The average molecular weight is 618 g/mol. The third-order valence-corrected chi connectivity index (χ3v) is 11.2. The van der Waals surface area contributed by atoms with Crippen LogP contribution in [0.5, 0.6) is 0 Å². The standard InChI is InChI=1S/C46H35NO/c1-45(2)37-20-12-10-16-31(37)32-24-22-29(26-38(32)45)47(28-14-6-5-7-15-28)30-23-25-35-39(27-30)46(3,4)43-34-18-9-8-17-33(34)41-36-19-11-13-21-40(36)48-44(41)42(35)43/h5-27H,1-4H3. The Hall–Kier alpha value is -5.60. The van der Waals surface area contributed by atoms with Gasteiger partial charge in [0.2, 0.25) is 0 Å². The zero-order valence-corrected chi connectivity index (χ0v) is 27.6. The third-order valence-electron chi connectivity index (χ3n) is 11.2. The lowest BCUT2D eigenvalue weighted by Crippen LogP contribution is -2.18. The van der Waals surface area contributed by atoms with Crippen molar-refractivity contribution in [3.8, 4) is 22.3 Å². The summed E-state index contributed by atoms with van der Waals surface area (Å²) in [5, 5.41) is 4.94. The van der Waals surface area contributed by atoms with Gasteiger partial charge in [-0.1, -0.05) is 125 Å². The maximum atomic E-state index is 6.75. The summed E-state index contributed by atoms with van der Waals surface area (Å²) in [5.41, 5.74) is 15.7. The number of fused-ring (bicyclic) bond motifs is 13. The lowest BCUT2D eigenvalue weighted by Gasteiger charge is -2.29. The molecule has 1 aromatic heterocycles. The van der Waals surface area contributed by atoms with Gasteiger partial charge < -0.3 is 9.32 Å². The van der Waals surface area contributed by atoms with Crippen LogP contribution in [0.15, 0.2) is 144 Å². The molecule has 48 heavy (non-hydrogen) atoms. The Morgan fingerprint density at radius 2 is 1.04 bits per heavy atom. The van der Waals surface area contributed by atoms with Crippen molar-refractivity contribution in [3.05, 3.63) is 162 Å². The predicted molar refractivity (Wildman–Crippen MR) is 201 cm³/mol. The third kappa shape index (κ3) is 3.52. The number of rotatable bonds is 3. The average Bonchev–Trinajstić information content (AvgIpc) is 3.69. The number of furan rings is 1. The number of benzene rings is 7. The van der Waals surface area contributed by atoms with Crippen LogP contribution in [0.4, 0.5) is 17.1 Å². The van der Waals surface area contributed by atoms with Crippen LogP contribution in [-0.4, -0.2) is 0 Å². The highest BCUT2D eigenvalue weighted by molar-refractivity contribution is 6.25. The molecule has 7 aromatic carbocycles. The summed E-state index contributed by atoms with van der Waals surface area (Å²) in [6.45, 7) is 9.47. The molecular weight excluding hydrogens is 583 g/mol. The molecule has 230 valence electrons. The van der Waals surface area contributed by atoms with Gasteiger partial charge in [-0.25, -0.2) is 0 Å². The Balaban J connectivity index is 1.21. The van der Waals surface area contributed by atoms with Gasteiger partial charge in [0.25, 0.3) is 0 Å². The van der Waals surface area contributed by atoms with E-state index < -0.39 is 0 Å². The van der Waals surface area contributed by atoms with Crippen molar-refractivity contribution in [2.24, 2.45) is 0 Å². The Morgan fingerprint density at radius 3 is 1.81 bits per heavy atom. The first kappa shape index (κ1) is 27.5. The van der Waals surface area contributed by atoms with Gasteiger partial charge >= 0.3 is 0 Å². The summed E-state index contributed by atoms with van der Waals surface area (Å²) in [7, 11) is 0. The van der Waals surface area contributed by atoms with Crippen LogP contribution in [0, 0.1) is 0 Å². The number of hydrogen-bond donors (Lipinski definition) is 0. The highest BCUT2D eigenvalue weighted by Crippen LogP contribution is 2.57. The first-order valence-corrected chi connectivity index (χ1v) is 16.9. The van der Waals surface area contributed by atoms with Crippen molar-refractivity contribution in [1.82, 2.24) is 0 Å². The molecule has 0 atom stereocenters. The fraction of sp³-hybridized carbons (Fsp3) is 0.130. The minimum absolute atomic E-state index is 0.0785.